The van der Waals surface area contributed by atoms with Gasteiger partial charge in [0.1, 0.15) is 12.4 Å². The number of hydrogen-bond acceptors (Lipinski definition) is 8. The minimum atomic E-state index is -3.95. The first kappa shape index (κ1) is 35.8. The van der Waals surface area contributed by atoms with Gasteiger partial charge in [0.15, 0.2) is 17.3 Å². The van der Waals surface area contributed by atoms with Gasteiger partial charge >= 0.3 is 0 Å². The molecule has 1 saturated heterocycles. The largest absolute Gasteiger partial charge is 0.495 e. The number of methoxy groups -OCH3 is 1. The van der Waals surface area contributed by atoms with E-state index in [0.29, 0.717) is 41.2 Å². The Morgan fingerprint density at radius 3 is 2.23 bits per heavy atom. The Hall–Kier alpha value is -5.58. The summed E-state index contributed by atoms with van der Waals surface area (Å²) in [7, 11) is -2.24. The molecule has 5 aromatic carbocycles. The van der Waals surface area contributed by atoms with E-state index in [4.69, 9.17) is 14.2 Å². The zero-order valence-corrected chi connectivity index (χ0v) is 30.8. The third kappa shape index (κ3) is 7.94. The first-order valence-electron chi connectivity index (χ1n) is 17.8. The molecule has 0 unspecified atom stereocenters. The van der Waals surface area contributed by atoms with Gasteiger partial charge in [-0.1, -0.05) is 78.4 Å². The van der Waals surface area contributed by atoms with Crippen LogP contribution in [0.25, 0.3) is 10.9 Å². The van der Waals surface area contributed by atoms with E-state index >= 15 is 0 Å². The second kappa shape index (κ2) is 16.0. The third-order valence-electron chi connectivity index (χ3n) is 9.62. The maximum Gasteiger partial charge on any atom is 0.268 e. The fourth-order valence-electron chi connectivity index (χ4n) is 6.69. The Kier molecular flexibility index (Phi) is 10.8. The molecule has 0 atom stereocenters. The molecule has 0 aliphatic carbocycles. The van der Waals surface area contributed by atoms with Gasteiger partial charge in [-0.25, -0.2) is 12.4 Å². The van der Waals surface area contributed by atoms with Crippen molar-refractivity contribution in [2.24, 2.45) is 0 Å². The predicted octanol–water partition coefficient (Wildman–Crippen LogP) is 7.60. The molecule has 0 amide bonds. The highest BCUT2D eigenvalue weighted by molar-refractivity contribution is 7.90. The number of aromatic nitrogens is 1. The van der Waals surface area contributed by atoms with Crippen LogP contribution in [0.4, 0.5) is 5.69 Å². The first-order chi connectivity index (χ1) is 25.8. The number of benzene rings is 5. The van der Waals surface area contributed by atoms with Gasteiger partial charge in [-0.2, -0.15) is 0 Å². The van der Waals surface area contributed by atoms with E-state index in [1.165, 1.54) is 15.7 Å². The van der Waals surface area contributed by atoms with Gasteiger partial charge in [0.05, 0.1) is 29.8 Å². The summed E-state index contributed by atoms with van der Waals surface area (Å²) in [5.74, 6) is 1.57. The van der Waals surface area contributed by atoms with Crippen LogP contribution < -0.4 is 19.1 Å². The van der Waals surface area contributed by atoms with Crippen LogP contribution >= 0.6 is 0 Å². The molecular formula is C43H43N3O6S. The highest BCUT2D eigenvalue weighted by Gasteiger charge is 2.25. The average molecular weight is 730 g/mol. The monoisotopic (exact) mass is 729 g/mol. The molecule has 0 N–H and O–H groups in total. The van der Waals surface area contributed by atoms with Crippen LogP contribution in [0.15, 0.2) is 132 Å². The summed E-state index contributed by atoms with van der Waals surface area (Å²) in [5, 5.41) is 0.546. The Morgan fingerprint density at radius 2 is 1.45 bits per heavy atom. The van der Waals surface area contributed by atoms with Crippen LogP contribution in [0.2, 0.25) is 0 Å². The molecule has 1 aliphatic heterocycles. The van der Waals surface area contributed by atoms with Crippen molar-refractivity contribution in [3.63, 3.8) is 0 Å². The van der Waals surface area contributed by atoms with E-state index in [0.717, 1.165) is 56.1 Å². The number of fused-ring (bicyclic) bond motifs is 1. The number of carbonyl (C=O) groups is 1. The van der Waals surface area contributed by atoms with Crippen LogP contribution in [-0.2, 0) is 16.6 Å². The van der Waals surface area contributed by atoms with E-state index in [-0.39, 0.29) is 16.2 Å². The van der Waals surface area contributed by atoms with E-state index < -0.39 is 10.0 Å². The van der Waals surface area contributed by atoms with Crippen LogP contribution in [0.5, 0.6) is 17.2 Å². The molecular weight excluding hydrogens is 687 g/mol. The minimum absolute atomic E-state index is 0.142. The topological polar surface area (TPSA) is 90.3 Å². The van der Waals surface area contributed by atoms with Gasteiger partial charge in [0, 0.05) is 55.4 Å². The van der Waals surface area contributed by atoms with Crippen molar-refractivity contribution in [1.82, 2.24) is 8.87 Å². The lowest BCUT2D eigenvalue weighted by Gasteiger charge is -2.36. The fraction of sp³-hybridized carbons (Fsp3) is 0.233. The molecule has 0 radical (unpaired) electrons. The Labute approximate surface area is 311 Å². The second-order valence-electron chi connectivity index (χ2n) is 13.1. The molecule has 1 aliphatic rings. The Morgan fingerprint density at radius 1 is 0.736 bits per heavy atom. The quantitative estimate of drug-likeness (QED) is 0.0837. The number of hydrogen-bond donors (Lipinski definition) is 0. The highest BCUT2D eigenvalue weighted by atomic mass is 32.2. The average Bonchev–Trinajstić information content (AvgIpc) is 3.60. The Balaban J connectivity index is 1.08. The van der Waals surface area contributed by atoms with Crippen molar-refractivity contribution < 1.29 is 27.4 Å². The van der Waals surface area contributed by atoms with Crippen LogP contribution in [-0.4, -0.2) is 69.5 Å². The number of anilines is 1. The molecule has 1 fully saturated rings. The standard InChI is InChI=1S/C43H43N3O6S/c1-32-17-19-33(20-18-32)31-52-41-22-21-34(29-42(41)51-28-10-23-44-24-26-45(27-25-44)39-15-8-9-16-40(39)50-2)43(47)37-30-46(38-14-7-6-13-36(37)38)53(48,49)35-11-4-3-5-12-35/h3-9,11-22,29-30H,10,23-28,31H2,1-2H3. The van der Waals surface area contributed by atoms with Crippen LogP contribution in [0.3, 0.4) is 0 Å². The molecule has 0 spiro atoms. The molecule has 10 heteroatoms. The number of ether oxygens (including phenoxy) is 3. The van der Waals surface area contributed by atoms with Crippen molar-refractivity contribution >= 4 is 32.4 Å². The molecule has 6 aromatic rings. The molecule has 53 heavy (non-hydrogen) atoms. The smallest absolute Gasteiger partial charge is 0.268 e. The lowest BCUT2D eigenvalue weighted by Crippen LogP contribution is -2.46. The lowest BCUT2D eigenvalue weighted by atomic mass is 10.0. The normalized spacial score (nSPS) is 13.6. The summed E-state index contributed by atoms with van der Waals surface area (Å²) in [6.45, 7) is 7.36. The lowest BCUT2D eigenvalue weighted by molar-refractivity contribution is 0.103. The SMILES string of the molecule is COc1ccccc1N1CCN(CCCOc2cc(C(=O)c3cn(S(=O)(=O)c4ccccc4)c4ccccc34)ccc2OCc2ccc(C)cc2)CC1. The van der Waals surface area contributed by atoms with E-state index in [2.05, 4.69) is 15.9 Å². The summed E-state index contributed by atoms with van der Waals surface area (Å²) in [6.07, 6.45) is 2.21. The third-order valence-corrected chi connectivity index (χ3v) is 11.3. The summed E-state index contributed by atoms with van der Waals surface area (Å²) in [6, 6.07) is 36.7. The zero-order valence-electron chi connectivity index (χ0n) is 30.0. The van der Waals surface area contributed by atoms with Crippen LogP contribution in [0.1, 0.15) is 33.5 Å². The first-order valence-corrected chi connectivity index (χ1v) is 19.3. The number of para-hydroxylation sites is 3. The second-order valence-corrected chi connectivity index (χ2v) is 15.0. The van der Waals surface area contributed by atoms with Crippen LogP contribution in [0, 0.1) is 6.92 Å². The molecule has 0 bridgehead atoms. The number of ketones is 1. The molecule has 9 nitrogen and oxygen atoms in total. The summed E-state index contributed by atoms with van der Waals surface area (Å²) in [5.41, 5.74) is 4.38. The van der Waals surface area contributed by atoms with Gasteiger partial charge in [0.25, 0.3) is 10.0 Å². The van der Waals surface area contributed by atoms with E-state index in [1.807, 2.05) is 49.4 Å². The highest BCUT2D eigenvalue weighted by Crippen LogP contribution is 2.33. The van der Waals surface area contributed by atoms with Gasteiger partial charge < -0.3 is 19.1 Å². The van der Waals surface area contributed by atoms with Gasteiger partial charge in [-0.05, 0) is 67.4 Å². The van der Waals surface area contributed by atoms with Gasteiger partial charge in [-0.3, -0.25) is 9.69 Å². The number of aryl methyl sites for hydroxylation is 1. The van der Waals surface area contributed by atoms with Crippen molar-refractivity contribution in [3.05, 3.63) is 150 Å². The number of piperazine rings is 1. The van der Waals surface area contributed by atoms with E-state index in [1.54, 1.807) is 79.9 Å². The zero-order chi connectivity index (χ0) is 36.8. The van der Waals surface area contributed by atoms with Crippen molar-refractivity contribution in [3.8, 4) is 17.2 Å². The summed E-state index contributed by atoms with van der Waals surface area (Å²) >= 11 is 0. The molecule has 7 rings (SSSR count). The number of rotatable bonds is 14. The van der Waals surface area contributed by atoms with Crippen molar-refractivity contribution in [2.75, 3.05) is 51.3 Å². The Bertz CT molecular complexity index is 2300. The fourth-order valence-corrected chi connectivity index (χ4v) is 8.08. The minimum Gasteiger partial charge on any atom is -0.495 e. The van der Waals surface area contributed by atoms with Gasteiger partial charge in [0.2, 0.25) is 0 Å². The van der Waals surface area contributed by atoms with Gasteiger partial charge in [-0.15, -0.1) is 0 Å². The molecule has 1 aromatic heterocycles. The number of nitrogens with zero attached hydrogens (tertiary/aromatic N) is 3. The molecule has 2 heterocycles. The summed E-state index contributed by atoms with van der Waals surface area (Å²) in [4.78, 5) is 19.1. The summed E-state index contributed by atoms with van der Waals surface area (Å²) < 4.78 is 46.8. The van der Waals surface area contributed by atoms with Crippen molar-refractivity contribution in [1.29, 1.82) is 0 Å². The van der Waals surface area contributed by atoms with Crippen molar-refractivity contribution in [2.45, 2.75) is 24.8 Å². The number of carbonyl (C=O) groups excluding carboxylic acids is 1. The molecule has 0 saturated carbocycles. The molecule has 272 valence electrons. The van der Waals surface area contributed by atoms with E-state index in [9.17, 15) is 13.2 Å². The maximum absolute atomic E-state index is 14.2. The maximum atomic E-state index is 14.2. The predicted molar refractivity (Wildman–Crippen MR) is 208 cm³/mol.